The second-order valence-corrected chi connectivity index (χ2v) is 8.31. The molecule has 0 atom stereocenters. The molecule has 0 aliphatic rings. The van der Waals surface area contributed by atoms with E-state index in [-0.39, 0.29) is 0 Å². The van der Waals surface area contributed by atoms with Gasteiger partial charge in [-0.3, -0.25) is 4.90 Å². The maximum absolute atomic E-state index is 4.68. The number of benzene rings is 1. The molecule has 172 valence electrons. The summed E-state index contributed by atoms with van der Waals surface area (Å²) in [7, 11) is 0. The van der Waals surface area contributed by atoms with Crippen LogP contribution < -0.4 is 15.5 Å². The third-order valence-electron chi connectivity index (χ3n) is 5.55. The van der Waals surface area contributed by atoms with Gasteiger partial charge in [-0.2, -0.15) is 15.0 Å². The fourth-order valence-corrected chi connectivity index (χ4v) is 3.88. The highest BCUT2D eigenvalue weighted by Gasteiger charge is 2.15. The van der Waals surface area contributed by atoms with Crippen molar-refractivity contribution in [2.24, 2.45) is 0 Å². The maximum atomic E-state index is 4.68. The Hall–Kier alpha value is -3.00. The highest BCUT2D eigenvalue weighted by Crippen LogP contribution is 2.24. The first-order valence-electron chi connectivity index (χ1n) is 11.5. The van der Waals surface area contributed by atoms with Crippen LogP contribution in [0.15, 0.2) is 36.5 Å². The molecule has 0 aliphatic carbocycles. The number of pyridine rings is 1. The largest absolute Gasteiger partial charge is 0.353 e. The lowest BCUT2D eigenvalue weighted by Gasteiger charge is -2.30. The summed E-state index contributed by atoms with van der Waals surface area (Å²) in [4.78, 5) is 23.1. The quantitative estimate of drug-likeness (QED) is 0.453. The topological polar surface area (TPSA) is 82.1 Å². The molecule has 0 bridgehead atoms. The van der Waals surface area contributed by atoms with Gasteiger partial charge in [0.25, 0.3) is 0 Å². The van der Waals surface area contributed by atoms with E-state index in [4.69, 9.17) is 0 Å². The number of hydrogen-bond donors (Lipinski definition) is 2. The Bertz CT molecular complexity index is 987. The van der Waals surface area contributed by atoms with Crippen molar-refractivity contribution in [2.45, 2.75) is 53.6 Å². The number of nitrogens with one attached hydrogen (secondary N) is 2. The number of hydrogen-bond acceptors (Lipinski definition) is 8. The zero-order valence-electron chi connectivity index (χ0n) is 20.1. The van der Waals surface area contributed by atoms with E-state index in [0.29, 0.717) is 29.9 Å². The molecule has 2 heterocycles. The number of fused-ring (bicyclic) bond motifs is 1. The number of rotatable bonds is 11. The Morgan fingerprint density at radius 1 is 0.875 bits per heavy atom. The van der Waals surface area contributed by atoms with Crippen molar-refractivity contribution >= 4 is 34.4 Å². The minimum atomic E-state index is 0.482. The molecule has 32 heavy (non-hydrogen) atoms. The Kier molecular flexibility index (Phi) is 8.16. The lowest BCUT2D eigenvalue weighted by molar-refractivity contribution is 0.182. The molecule has 0 unspecified atom stereocenters. The predicted molar refractivity (Wildman–Crippen MR) is 134 cm³/mol. The normalized spacial score (nSPS) is 11.5. The van der Waals surface area contributed by atoms with Gasteiger partial charge < -0.3 is 15.5 Å². The standard InChI is InChI=1S/C24H36N8/c1-7-31(8-2)24-29-22(26-15-16-32(17(3)4)18(5)6)28-23(30-24)27-21-20-12-10-9-11-19(20)13-14-25-21/h9-14,17-18H,7-8,15-16H2,1-6H3,(H2,25,26,27,28,29,30). The van der Waals surface area contributed by atoms with E-state index in [1.54, 1.807) is 6.20 Å². The lowest BCUT2D eigenvalue weighted by Crippen LogP contribution is -2.40. The fourth-order valence-electron chi connectivity index (χ4n) is 3.88. The Morgan fingerprint density at radius 3 is 2.25 bits per heavy atom. The highest BCUT2D eigenvalue weighted by molar-refractivity contribution is 5.92. The first-order chi connectivity index (χ1) is 15.4. The molecule has 3 aromatic rings. The van der Waals surface area contributed by atoms with Gasteiger partial charge in [0, 0.05) is 49.8 Å². The molecule has 0 amide bonds. The number of aromatic nitrogens is 4. The van der Waals surface area contributed by atoms with Crippen LogP contribution in [0.4, 0.5) is 23.7 Å². The van der Waals surface area contributed by atoms with E-state index in [1.165, 1.54) is 0 Å². The van der Waals surface area contributed by atoms with Gasteiger partial charge in [-0.25, -0.2) is 4.98 Å². The molecule has 0 saturated heterocycles. The smallest absolute Gasteiger partial charge is 0.235 e. The Morgan fingerprint density at radius 2 is 1.56 bits per heavy atom. The van der Waals surface area contributed by atoms with Crippen molar-refractivity contribution in [3.63, 3.8) is 0 Å². The molecule has 0 spiro atoms. The van der Waals surface area contributed by atoms with E-state index in [1.807, 2.05) is 24.3 Å². The summed E-state index contributed by atoms with van der Waals surface area (Å²) in [6, 6.07) is 11.1. The average Bonchev–Trinajstić information content (AvgIpc) is 2.77. The van der Waals surface area contributed by atoms with E-state index < -0.39 is 0 Å². The molecule has 0 saturated carbocycles. The van der Waals surface area contributed by atoms with Gasteiger partial charge in [0.2, 0.25) is 17.8 Å². The predicted octanol–water partition coefficient (Wildman–Crippen LogP) is 4.54. The van der Waals surface area contributed by atoms with Gasteiger partial charge in [0.15, 0.2) is 0 Å². The van der Waals surface area contributed by atoms with Gasteiger partial charge in [-0.15, -0.1) is 0 Å². The zero-order valence-corrected chi connectivity index (χ0v) is 20.1. The van der Waals surface area contributed by atoms with E-state index in [9.17, 15) is 0 Å². The molecule has 1 aromatic carbocycles. The van der Waals surface area contributed by atoms with Crippen molar-refractivity contribution in [3.05, 3.63) is 36.5 Å². The average molecular weight is 437 g/mol. The SMILES string of the molecule is CCN(CC)c1nc(NCCN(C(C)C)C(C)C)nc(Nc2nccc3ccccc23)n1. The van der Waals surface area contributed by atoms with Crippen LogP contribution in [0, 0.1) is 0 Å². The summed E-state index contributed by atoms with van der Waals surface area (Å²) in [5.41, 5.74) is 0. The Labute approximate surface area is 191 Å². The van der Waals surface area contributed by atoms with Gasteiger partial charge in [-0.1, -0.05) is 24.3 Å². The highest BCUT2D eigenvalue weighted by atomic mass is 15.3. The monoisotopic (exact) mass is 436 g/mol. The molecule has 2 aromatic heterocycles. The van der Waals surface area contributed by atoms with Crippen molar-refractivity contribution < 1.29 is 0 Å². The summed E-state index contributed by atoms with van der Waals surface area (Å²) >= 11 is 0. The molecule has 3 rings (SSSR count). The summed E-state index contributed by atoms with van der Waals surface area (Å²) in [6.45, 7) is 16.4. The van der Waals surface area contributed by atoms with Crippen molar-refractivity contribution in [1.82, 2.24) is 24.8 Å². The van der Waals surface area contributed by atoms with Gasteiger partial charge in [0.05, 0.1) is 0 Å². The first kappa shape index (κ1) is 23.7. The summed E-state index contributed by atoms with van der Waals surface area (Å²) in [5.74, 6) is 2.44. The van der Waals surface area contributed by atoms with Crippen LogP contribution in [0.2, 0.25) is 0 Å². The second kappa shape index (κ2) is 11.0. The summed E-state index contributed by atoms with van der Waals surface area (Å²) in [5, 5.41) is 8.86. The molecule has 8 nitrogen and oxygen atoms in total. The van der Waals surface area contributed by atoms with Crippen LogP contribution in [0.1, 0.15) is 41.5 Å². The minimum Gasteiger partial charge on any atom is -0.353 e. The van der Waals surface area contributed by atoms with Crippen LogP contribution in [-0.2, 0) is 0 Å². The van der Waals surface area contributed by atoms with E-state index in [0.717, 1.165) is 42.8 Å². The van der Waals surface area contributed by atoms with Crippen LogP contribution >= 0.6 is 0 Å². The molecule has 2 N–H and O–H groups in total. The zero-order chi connectivity index (χ0) is 23.1. The van der Waals surface area contributed by atoms with Crippen molar-refractivity contribution in [2.75, 3.05) is 41.7 Å². The molecular weight excluding hydrogens is 400 g/mol. The van der Waals surface area contributed by atoms with Gasteiger partial charge in [-0.05, 0) is 53.0 Å². The van der Waals surface area contributed by atoms with Gasteiger partial charge >= 0.3 is 0 Å². The van der Waals surface area contributed by atoms with E-state index >= 15 is 0 Å². The molecule has 0 aliphatic heterocycles. The van der Waals surface area contributed by atoms with Crippen LogP contribution in [0.3, 0.4) is 0 Å². The van der Waals surface area contributed by atoms with E-state index in [2.05, 4.69) is 88.0 Å². The minimum absolute atomic E-state index is 0.482. The number of anilines is 4. The third-order valence-corrected chi connectivity index (χ3v) is 5.55. The van der Waals surface area contributed by atoms with Crippen LogP contribution in [-0.4, -0.2) is 63.1 Å². The first-order valence-corrected chi connectivity index (χ1v) is 11.5. The molecule has 8 heteroatoms. The van der Waals surface area contributed by atoms with Gasteiger partial charge in [0.1, 0.15) is 5.82 Å². The number of nitrogens with zero attached hydrogens (tertiary/aromatic N) is 6. The molecule has 0 fully saturated rings. The molecule has 0 radical (unpaired) electrons. The van der Waals surface area contributed by atoms with Crippen molar-refractivity contribution in [1.29, 1.82) is 0 Å². The second-order valence-electron chi connectivity index (χ2n) is 8.31. The van der Waals surface area contributed by atoms with Crippen LogP contribution in [0.25, 0.3) is 10.8 Å². The molecular formula is C24H36N8. The third kappa shape index (κ3) is 5.82. The summed E-state index contributed by atoms with van der Waals surface area (Å²) < 4.78 is 0. The Balaban J connectivity index is 1.86. The lowest BCUT2D eigenvalue weighted by atomic mass is 10.1. The van der Waals surface area contributed by atoms with Crippen molar-refractivity contribution in [3.8, 4) is 0 Å². The fraction of sp³-hybridized carbons (Fsp3) is 0.500. The maximum Gasteiger partial charge on any atom is 0.235 e. The summed E-state index contributed by atoms with van der Waals surface area (Å²) in [6.07, 6.45) is 1.79. The van der Waals surface area contributed by atoms with Crippen LogP contribution in [0.5, 0.6) is 0 Å².